The monoisotopic (exact) mass is 156 g/mol. The summed E-state index contributed by atoms with van der Waals surface area (Å²) in [6.07, 6.45) is 6.45. The zero-order chi connectivity index (χ0) is 8.10. The molecule has 0 spiro atoms. The molecule has 1 aliphatic carbocycles. The lowest BCUT2D eigenvalue weighted by atomic mass is 9.52. The molecular formula is C8H17BO2. The van der Waals surface area contributed by atoms with Crippen molar-refractivity contribution in [3.8, 4) is 0 Å². The van der Waals surface area contributed by atoms with Crippen molar-refractivity contribution < 1.29 is 9.76 Å². The molecule has 0 unspecified atom stereocenters. The van der Waals surface area contributed by atoms with Crippen LogP contribution >= 0.6 is 0 Å². The van der Waals surface area contributed by atoms with Crippen LogP contribution in [0, 0.1) is 0 Å². The zero-order valence-corrected chi connectivity index (χ0v) is 7.25. The first-order valence-corrected chi connectivity index (χ1v) is 4.52. The smallest absolute Gasteiger partial charge is 0.321 e. The van der Waals surface area contributed by atoms with Crippen LogP contribution in [0.25, 0.3) is 0 Å². The van der Waals surface area contributed by atoms with E-state index in [1.54, 1.807) is 7.11 Å². The Hall–Kier alpha value is -0.0151. The maximum Gasteiger partial charge on any atom is 0.321 e. The summed E-state index contributed by atoms with van der Waals surface area (Å²) in [6.45, 7) is 0.275. The molecule has 1 rings (SSSR count). The van der Waals surface area contributed by atoms with Crippen LogP contribution in [-0.2, 0) is 4.65 Å². The van der Waals surface area contributed by atoms with Crippen molar-refractivity contribution in [1.82, 2.24) is 0 Å². The van der Waals surface area contributed by atoms with E-state index in [-0.39, 0.29) is 13.4 Å². The molecule has 0 amide bonds. The van der Waals surface area contributed by atoms with E-state index in [1.807, 2.05) is 0 Å². The van der Waals surface area contributed by atoms with Gasteiger partial charge in [-0.3, -0.25) is 0 Å². The fraction of sp³-hybridized carbons (Fsp3) is 1.00. The summed E-state index contributed by atoms with van der Waals surface area (Å²) in [5, 5.41) is 8.95. The standard InChI is InChI=1S/C8H17BO2/c1-11-9(7-10)8-5-3-2-4-6-8/h8,10H,2-7H2,1H3. The van der Waals surface area contributed by atoms with Crippen LogP contribution in [0.4, 0.5) is 0 Å². The largest absolute Gasteiger partial charge is 0.436 e. The van der Waals surface area contributed by atoms with Crippen molar-refractivity contribution in [2.45, 2.75) is 37.9 Å². The van der Waals surface area contributed by atoms with Crippen LogP contribution in [0.1, 0.15) is 32.1 Å². The normalized spacial score (nSPS) is 20.2. The molecule has 1 aliphatic rings. The summed E-state index contributed by atoms with van der Waals surface area (Å²) in [5.41, 5.74) is 0. The molecule has 1 fully saturated rings. The molecule has 0 saturated heterocycles. The third-order valence-corrected chi connectivity index (χ3v) is 2.66. The van der Waals surface area contributed by atoms with Crippen LogP contribution in [-0.4, -0.2) is 25.6 Å². The lowest BCUT2D eigenvalue weighted by molar-refractivity contribution is 0.299. The van der Waals surface area contributed by atoms with E-state index < -0.39 is 0 Å². The summed E-state index contributed by atoms with van der Waals surface area (Å²) in [6, 6.07) is 0. The maximum absolute atomic E-state index is 8.95. The Balaban J connectivity index is 2.30. The van der Waals surface area contributed by atoms with Gasteiger partial charge in [-0.1, -0.05) is 32.1 Å². The van der Waals surface area contributed by atoms with Gasteiger partial charge >= 0.3 is 6.92 Å². The molecule has 11 heavy (non-hydrogen) atoms. The SMILES string of the molecule is COB(CO)C1CCCCC1. The van der Waals surface area contributed by atoms with E-state index in [2.05, 4.69) is 0 Å². The highest BCUT2D eigenvalue weighted by Gasteiger charge is 2.26. The van der Waals surface area contributed by atoms with Crippen molar-refractivity contribution in [3.63, 3.8) is 0 Å². The Bertz CT molecular complexity index is 98.3. The summed E-state index contributed by atoms with van der Waals surface area (Å²) < 4.78 is 5.19. The van der Waals surface area contributed by atoms with Gasteiger partial charge in [-0.25, -0.2) is 0 Å². The van der Waals surface area contributed by atoms with Crippen LogP contribution in [0.15, 0.2) is 0 Å². The zero-order valence-electron chi connectivity index (χ0n) is 7.25. The summed E-state index contributed by atoms with van der Waals surface area (Å²) in [5.74, 6) is 0.610. The summed E-state index contributed by atoms with van der Waals surface area (Å²) >= 11 is 0. The molecule has 1 saturated carbocycles. The predicted octanol–water partition coefficient (Wildman–Crippen LogP) is 1.49. The second-order valence-electron chi connectivity index (χ2n) is 3.35. The van der Waals surface area contributed by atoms with E-state index in [1.165, 1.54) is 32.1 Å². The number of aliphatic hydroxyl groups excluding tert-OH is 1. The van der Waals surface area contributed by atoms with Gasteiger partial charge in [0.25, 0.3) is 0 Å². The molecule has 0 aliphatic heterocycles. The number of hydrogen-bond donors (Lipinski definition) is 1. The topological polar surface area (TPSA) is 29.5 Å². The molecule has 0 aromatic heterocycles. The van der Waals surface area contributed by atoms with E-state index >= 15 is 0 Å². The number of rotatable bonds is 3. The molecule has 1 N–H and O–H groups in total. The van der Waals surface area contributed by atoms with E-state index in [9.17, 15) is 0 Å². The average Bonchev–Trinajstić information content (AvgIpc) is 2.09. The van der Waals surface area contributed by atoms with Crippen LogP contribution in [0.5, 0.6) is 0 Å². The van der Waals surface area contributed by atoms with E-state index in [0.717, 1.165) is 0 Å². The second-order valence-corrected chi connectivity index (χ2v) is 3.35. The Kier molecular flexibility index (Phi) is 3.94. The van der Waals surface area contributed by atoms with Gasteiger partial charge in [0.15, 0.2) is 0 Å². The first-order valence-electron chi connectivity index (χ1n) is 4.52. The highest BCUT2D eigenvalue weighted by molar-refractivity contribution is 6.53. The van der Waals surface area contributed by atoms with Gasteiger partial charge in [-0.2, -0.15) is 0 Å². The molecular weight excluding hydrogens is 139 g/mol. The van der Waals surface area contributed by atoms with Crippen molar-refractivity contribution in [3.05, 3.63) is 0 Å². The lowest BCUT2D eigenvalue weighted by Gasteiger charge is -2.24. The third kappa shape index (κ3) is 2.49. The van der Waals surface area contributed by atoms with Crippen molar-refractivity contribution in [2.75, 3.05) is 13.6 Å². The number of hydrogen-bond acceptors (Lipinski definition) is 2. The molecule has 0 aromatic rings. The highest BCUT2D eigenvalue weighted by Crippen LogP contribution is 2.30. The minimum absolute atomic E-state index is 0.0929. The fourth-order valence-corrected chi connectivity index (χ4v) is 1.92. The van der Waals surface area contributed by atoms with Crippen LogP contribution in [0.3, 0.4) is 0 Å². The fourth-order valence-electron chi connectivity index (χ4n) is 1.92. The molecule has 0 heterocycles. The van der Waals surface area contributed by atoms with Gasteiger partial charge in [-0.15, -0.1) is 0 Å². The molecule has 3 heteroatoms. The first-order chi connectivity index (χ1) is 5.38. The first kappa shape index (κ1) is 9.08. The van der Waals surface area contributed by atoms with Gasteiger partial charge in [0, 0.05) is 13.6 Å². The van der Waals surface area contributed by atoms with Gasteiger partial charge in [-0.05, 0) is 5.82 Å². The van der Waals surface area contributed by atoms with Gasteiger partial charge in [0.1, 0.15) is 0 Å². The Labute approximate surface area is 69.1 Å². The van der Waals surface area contributed by atoms with Crippen LogP contribution < -0.4 is 0 Å². The number of aliphatic hydroxyl groups is 1. The molecule has 0 bridgehead atoms. The molecule has 0 atom stereocenters. The summed E-state index contributed by atoms with van der Waals surface area (Å²) in [7, 11) is 1.69. The quantitative estimate of drug-likeness (QED) is 0.627. The average molecular weight is 156 g/mol. The van der Waals surface area contributed by atoms with Crippen molar-refractivity contribution in [1.29, 1.82) is 0 Å². The maximum atomic E-state index is 8.95. The van der Waals surface area contributed by atoms with E-state index in [0.29, 0.717) is 5.82 Å². The Morgan fingerprint density at radius 3 is 2.45 bits per heavy atom. The summed E-state index contributed by atoms with van der Waals surface area (Å²) in [4.78, 5) is 0. The minimum Gasteiger partial charge on any atom is -0.436 e. The van der Waals surface area contributed by atoms with Crippen molar-refractivity contribution >= 4 is 6.92 Å². The third-order valence-electron chi connectivity index (χ3n) is 2.66. The van der Waals surface area contributed by atoms with Gasteiger partial charge < -0.3 is 9.76 Å². The second kappa shape index (κ2) is 4.78. The molecule has 2 nitrogen and oxygen atoms in total. The predicted molar refractivity (Wildman–Crippen MR) is 46.7 cm³/mol. The molecule has 64 valence electrons. The van der Waals surface area contributed by atoms with E-state index in [4.69, 9.17) is 9.76 Å². The molecule has 0 radical (unpaired) electrons. The van der Waals surface area contributed by atoms with Gasteiger partial charge in [0.2, 0.25) is 0 Å². The Morgan fingerprint density at radius 2 is 2.00 bits per heavy atom. The highest BCUT2D eigenvalue weighted by atomic mass is 16.4. The van der Waals surface area contributed by atoms with Crippen molar-refractivity contribution in [2.24, 2.45) is 0 Å². The minimum atomic E-state index is 0.0929. The molecule has 0 aromatic carbocycles. The Morgan fingerprint density at radius 1 is 1.36 bits per heavy atom. The van der Waals surface area contributed by atoms with Crippen LogP contribution in [0.2, 0.25) is 5.82 Å². The lowest BCUT2D eigenvalue weighted by Crippen LogP contribution is -2.29. The van der Waals surface area contributed by atoms with Gasteiger partial charge in [0.05, 0.1) is 0 Å².